The Morgan fingerprint density at radius 3 is 2.78 bits per heavy atom. The van der Waals surface area contributed by atoms with Gasteiger partial charge in [0.1, 0.15) is 11.6 Å². The minimum atomic E-state index is -0.140. The number of carbonyl (C=O) groups excluding carboxylic acids is 1. The lowest BCUT2D eigenvalue weighted by Gasteiger charge is -2.33. The zero-order valence-electron chi connectivity index (χ0n) is 17.3. The van der Waals surface area contributed by atoms with E-state index in [2.05, 4.69) is 14.9 Å². The first kappa shape index (κ1) is 20.4. The number of phenolic OH excluding ortho intramolecular Hbond substituents is 1. The predicted molar refractivity (Wildman–Crippen MR) is 125 cm³/mol. The van der Waals surface area contributed by atoms with E-state index >= 15 is 0 Å². The average Bonchev–Trinajstić information content (AvgIpc) is 2.83. The number of halogens is 1. The molecule has 0 spiro atoms. The van der Waals surface area contributed by atoms with E-state index < -0.39 is 0 Å². The maximum Gasteiger partial charge on any atom is 0.169 e. The van der Waals surface area contributed by atoms with E-state index in [0.29, 0.717) is 34.0 Å². The number of fused-ring (bicyclic) bond motifs is 1. The maximum absolute atomic E-state index is 13.1. The van der Waals surface area contributed by atoms with E-state index in [-0.39, 0.29) is 17.5 Å². The van der Waals surface area contributed by atoms with Crippen LogP contribution in [0.1, 0.15) is 23.2 Å². The van der Waals surface area contributed by atoms with Crippen molar-refractivity contribution in [3.63, 3.8) is 0 Å². The molecular weight excluding hydrogens is 424 g/mol. The number of hydrogen-bond acceptors (Lipinski definition) is 6. The third-order valence-electron chi connectivity index (χ3n) is 5.82. The first-order valence-electron chi connectivity index (χ1n) is 10.5. The normalized spacial score (nSPS) is 16.3. The van der Waals surface area contributed by atoms with Gasteiger partial charge in [0.15, 0.2) is 11.6 Å². The molecule has 32 heavy (non-hydrogen) atoms. The van der Waals surface area contributed by atoms with Crippen LogP contribution in [0.3, 0.4) is 0 Å². The number of hydrogen-bond donors (Lipinski definition) is 1. The molecule has 0 bridgehead atoms. The number of benzene rings is 2. The summed E-state index contributed by atoms with van der Waals surface area (Å²) < 4.78 is 0. The highest BCUT2D eigenvalue weighted by Crippen LogP contribution is 2.34. The van der Waals surface area contributed by atoms with Gasteiger partial charge >= 0.3 is 0 Å². The Labute approximate surface area is 190 Å². The summed E-state index contributed by atoms with van der Waals surface area (Å²) in [5.74, 6) is 1.24. The van der Waals surface area contributed by atoms with Gasteiger partial charge in [-0.15, -0.1) is 0 Å². The number of para-hydroxylation sites is 1. The third kappa shape index (κ3) is 3.89. The topological polar surface area (TPSA) is 79.2 Å². The first-order chi connectivity index (χ1) is 15.6. The Balaban J connectivity index is 1.57. The Hall–Kier alpha value is -3.51. The van der Waals surface area contributed by atoms with Crippen LogP contribution in [0.25, 0.3) is 22.3 Å². The molecule has 160 valence electrons. The van der Waals surface area contributed by atoms with E-state index in [1.54, 1.807) is 42.7 Å². The standard InChI is InChI=1S/C25H21ClN4O2/c26-18-9-10-19-21(13-18)28-24(20-7-1-2-8-22(20)31)29-25(19)30-12-4-6-17(15-30)23(32)16-5-3-11-27-14-16/h1-3,5,7-11,13-14,17,31H,4,6,12,15H2. The van der Waals surface area contributed by atoms with Gasteiger partial charge in [-0.05, 0) is 55.3 Å². The van der Waals surface area contributed by atoms with E-state index in [9.17, 15) is 9.90 Å². The zero-order valence-corrected chi connectivity index (χ0v) is 18.0. The smallest absolute Gasteiger partial charge is 0.169 e. The van der Waals surface area contributed by atoms with Crippen molar-refractivity contribution in [2.24, 2.45) is 5.92 Å². The monoisotopic (exact) mass is 444 g/mol. The summed E-state index contributed by atoms with van der Waals surface area (Å²) in [7, 11) is 0. The number of carbonyl (C=O) groups is 1. The second-order valence-electron chi connectivity index (χ2n) is 7.94. The van der Waals surface area contributed by atoms with Crippen LogP contribution in [0, 0.1) is 5.92 Å². The first-order valence-corrected chi connectivity index (χ1v) is 10.9. The van der Waals surface area contributed by atoms with Crippen molar-refractivity contribution in [2.45, 2.75) is 12.8 Å². The van der Waals surface area contributed by atoms with Crippen LogP contribution in [-0.2, 0) is 0 Å². The van der Waals surface area contributed by atoms with Crippen LogP contribution >= 0.6 is 11.6 Å². The Morgan fingerprint density at radius 1 is 1.09 bits per heavy atom. The Morgan fingerprint density at radius 2 is 1.97 bits per heavy atom. The van der Waals surface area contributed by atoms with Crippen molar-refractivity contribution in [2.75, 3.05) is 18.0 Å². The number of nitrogens with zero attached hydrogens (tertiary/aromatic N) is 4. The molecule has 0 radical (unpaired) electrons. The zero-order chi connectivity index (χ0) is 22.1. The fraction of sp³-hybridized carbons (Fsp3) is 0.200. The molecule has 4 aromatic rings. The predicted octanol–water partition coefficient (Wildman–Crippen LogP) is 5.15. The van der Waals surface area contributed by atoms with Gasteiger partial charge < -0.3 is 10.0 Å². The second kappa shape index (κ2) is 8.55. The van der Waals surface area contributed by atoms with E-state index in [0.717, 1.165) is 30.6 Å². The van der Waals surface area contributed by atoms with Gasteiger partial charge in [-0.3, -0.25) is 9.78 Å². The minimum Gasteiger partial charge on any atom is -0.507 e. The molecular formula is C25H21ClN4O2. The number of pyridine rings is 1. The molecule has 0 amide bonds. The largest absolute Gasteiger partial charge is 0.507 e. The van der Waals surface area contributed by atoms with Gasteiger partial charge in [0.05, 0.1) is 11.1 Å². The van der Waals surface area contributed by atoms with E-state index in [1.807, 2.05) is 24.3 Å². The molecule has 1 aliphatic heterocycles. The number of Topliss-reactive ketones (excluding diaryl/α,β-unsaturated/α-hetero) is 1. The van der Waals surface area contributed by atoms with Crippen molar-refractivity contribution >= 4 is 34.1 Å². The van der Waals surface area contributed by atoms with Crippen molar-refractivity contribution in [1.29, 1.82) is 0 Å². The molecule has 1 unspecified atom stereocenters. The molecule has 6 nitrogen and oxygen atoms in total. The lowest BCUT2D eigenvalue weighted by molar-refractivity contribution is 0.0906. The maximum atomic E-state index is 13.1. The quantitative estimate of drug-likeness (QED) is 0.438. The summed E-state index contributed by atoms with van der Waals surface area (Å²) in [5, 5.41) is 11.8. The lowest BCUT2D eigenvalue weighted by Crippen LogP contribution is -2.39. The van der Waals surface area contributed by atoms with Gasteiger partial charge in [-0.2, -0.15) is 0 Å². The number of ketones is 1. The fourth-order valence-corrected chi connectivity index (χ4v) is 4.40. The van der Waals surface area contributed by atoms with Crippen molar-refractivity contribution in [3.05, 3.63) is 77.6 Å². The summed E-state index contributed by atoms with van der Waals surface area (Å²) in [5.41, 5.74) is 1.88. The number of aromatic hydroxyl groups is 1. The summed E-state index contributed by atoms with van der Waals surface area (Å²) in [4.78, 5) is 28.8. The molecule has 1 saturated heterocycles. The van der Waals surface area contributed by atoms with Crippen molar-refractivity contribution in [3.8, 4) is 17.1 Å². The summed E-state index contributed by atoms with van der Waals surface area (Å²) in [6, 6.07) is 16.1. The number of piperidine rings is 1. The second-order valence-corrected chi connectivity index (χ2v) is 8.38. The van der Waals surface area contributed by atoms with Gasteiger partial charge in [0.25, 0.3) is 0 Å². The highest BCUT2D eigenvalue weighted by atomic mass is 35.5. The molecule has 1 aliphatic rings. The highest BCUT2D eigenvalue weighted by Gasteiger charge is 2.29. The SMILES string of the molecule is O=C(c1cccnc1)C1CCCN(c2nc(-c3ccccc3O)nc3cc(Cl)ccc23)C1. The summed E-state index contributed by atoms with van der Waals surface area (Å²) in [6.07, 6.45) is 5.00. The van der Waals surface area contributed by atoms with Gasteiger partial charge in [0, 0.05) is 47.4 Å². The molecule has 5 rings (SSSR count). The van der Waals surface area contributed by atoms with Crippen molar-refractivity contribution < 1.29 is 9.90 Å². The molecule has 0 saturated carbocycles. The molecule has 0 aliphatic carbocycles. The molecule has 1 fully saturated rings. The Bertz CT molecular complexity index is 1300. The van der Waals surface area contributed by atoms with Gasteiger partial charge in [-0.1, -0.05) is 23.7 Å². The molecule has 1 atom stereocenters. The molecule has 2 aromatic heterocycles. The van der Waals surface area contributed by atoms with Gasteiger partial charge in [-0.25, -0.2) is 9.97 Å². The summed E-state index contributed by atoms with van der Waals surface area (Å²) >= 11 is 6.25. The fourth-order valence-electron chi connectivity index (χ4n) is 4.24. The van der Waals surface area contributed by atoms with Crippen LogP contribution in [0.4, 0.5) is 5.82 Å². The van der Waals surface area contributed by atoms with Crippen LogP contribution < -0.4 is 4.90 Å². The lowest BCUT2D eigenvalue weighted by atomic mass is 9.90. The van der Waals surface area contributed by atoms with Crippen molar-refractivity contribution in [1.82, 2.24) is 15.0 Å². The number of aromatic nitrogens is 3. The van der Waals surface area contributed by atoms with Crippen LogP contribution in [-0.4, -0.2) is 38.9 Å². The van der Waals surface area contributed by atoms with E-state index in [1.165, 1.54) is 0 Å². The Kier molecular flexibility index (Phi) is 5.45. The van der Waals surface area contributed by atoms with Crippen LogP contribution in [0.2, 0.25) is 5.02 Å². The van der Waals surface area contributed by atoms with Crippen LogP contribution in [0.15, 0.2) is 67.0 Å². The number of phenols is 1. The number of rotatable bonds is 4. The third-order valence-corrected chi connectivity index (χ3v) is 6.06. The molecule has 3 heterocycles. The molecule has 2 aromatic carbocycles. The van der Waals surface area contributed by atoms with E-state index in [4.69, 9.17) is 16.6 Å². The van der Waals surface area contributed by atoms with Crippen LogP contribution in [0.5, 0.6) is 5.75 Å². The summed E-state index contributed by atoms with van der Waals surface area (Å²) in [6.45, 7) is 1.34. The average molecular weight is 445 g/mol. The van der Waals surface area contributed by atoms with Gasteiger partial charge in [0.2, 0.25) is 0 Å². The minimum absolute atomic E-state index is 0.102. The molecule has 7 heteroatoms. The molecule has 1 N–H and O–H groups in total. The number of anilines is 1. The highest BCUT2D eigenvalue weighted by molar-refractivity contribution is 6.31.